The highest BCUT2D eigenvalue weighted by Crippen LogP contribution is 2.11. The summed E-state index contributed by atoms with van der Waals surface area (Å²) in [4.78, 5) is 10.9. The molecule has 0 heterocycles. The first-order chi connectivity index (χ1) is 9.19. The van der Waals surface area contributed by atoms with E-state index in [2.05, 4.69) is 0 Å². The summed E-state index contributed by atoms with van der Waals surface area (Å²) in [6, 6.07) is 14.8. The van der Waals surface area contributed by atoms with Crippen LogP contribution in [0.2, 0.25) is 0 Å². The number of carboxylic acid groups (broad SMARTS) is 1. The van der Waals surface area contributed by atoms with E-state index in [-0.39, 0.29) is 6.61 Å². The highest BCUT2D eigenvalue weighted by atomic mass is 16.4. The topological polar surface area (TPSA) is 57.5 Å². The average molecular weight is 256 g/mol. The second-order valence-corrected chi connectivity index (χ2v) is 4.48. The van der Waals surface area contributed by atoms with Crippen LogP contribution in [0.25, 0.3) is 0 Å². The molecule has 0 aliphatic rings. The van der Waals surface area contributed by atoms with Crippen molar-refractivity contribution in [3.8, 4) is 0 Å². The first-order valence-electron chi connectivity index (χ1n) is 6.20. The van der Waals surface area contributed by atoms with Crippen LogP contribution in [0.3, 0.4) is 0 Å². The van der Waals surface area contributed by atoms with Crippen LogP contribution in [-0.2, 0) is 19.4 Å². The minimum atomic E-state index is -0.899. The lowest BCUT2D eigenvalue weighted by molar-refractivity contribution is 0.0696. The molecule has 0 aliphatic heterocycles. The predicted octanol–water partition coefficient (Wildman–Crippen LogP) is 2.66. The van der Waals surface area contributed by atoms with Gasteiger partial charge in [-0.25, -0.2) is 4.79 Å². The van der Waals surface area contributed by atoms with Gasteiger partial charge >= 0.3 is 5.97 Å². The number of aromatic carboxylic acids is 1. The Labute approximate surface area is 112 Å². The van der Waals surface area contributed by atoms with Crippen molar-refractivity contribution in [2.24, 2.45) is 0 Å². The van der Waals surface area contributed by atoms with Gasteiger partial charge in [-0.15, -0.1) is 0 Å². The van der Waals surface area contributed by atoms with Crippen LogP contribution in [0.5, 0.6) is 0 Å². The molecule has 0 saturated carbocycles. The zero-order valence-corrected chi connectivity index (χ0v) is 10.5. The molecule has 3 heteroatoms. The molecule has 0 spiro atoms. The van der Waals surface area contributed by atoms with Gasteiger partial charge in [0.15, 0.2) is 0 Å². The highest BCUT2D eigenvalue weighted by Gasteiger charge is 2.03. The largest absolute Gasteiger partial charge is 0.478 e. The number of carboxylic acids is 1. The number of aliphatic hydroxyl groups is 1. The Morgan fingerprint density at radius 3 is 2.11 bits per heavy atom. The van der Waals surface area contributed by atoms with Crippen LogP contribution < -0.4 is 0 Å². The van der Waals surface area contributed by atoms with Crippen molar-refractivity contribution in [3.63, 3.8) is 0 Å². The quantitative estimate of drug-likeness (QED) is 0.864. The number of carbonyl (C=O) groups is 1. The number of aryl methyl sites for hydroxylation is 2. The van der Waals surface area contributed by atoms with Gasteiger partial charge in [-0.05, 0) is 41.7 Å². The number of hydrogen-bond donors (Lipinski definition) is 2. The van der Waals surface area contributed by atoms with Gasteiger partial charge in [-0.1, -0.05) is 36.4 Å². The molecule has 0 unspecified atom stereocenters. The van der Waals surface area contributed by atoms with E-state index in [1.165, 1.54) is 0 Å². The fourth-order valence-electron chi connectivity index (χ4n) is 2.03. The van der Waals surface area contributed by atoms with Crippen LogP contribution in [0.1, 0.15) is 27.0 Å². The van der Waals surface area contributed by atoms with Gasteiger partial charge < -0.3 is 10.2 Å². The van der Waals surface area contributed by atoms with E-state index in [1.54, 1.807) is 18.2 Å². The van der Waals surface area contributed by atoms with E-state index in [0.717, 1.165) is 29.5 Å². The minimum Gasteiger partial charge on any atom is -0.478 e. The maximum Gasteiger partial charge on any atom is 0.335 e. The first kappa shape index (κ1) is 13.3. The molecule has 0 amide bonds. The smallest absolute Gasteiger partial charge is 0.335 e. The fraction of sp³-hybridized carbons (Fsp3) is 0.188. The van der Waals surface area contributed by atoms with E-state index in [1.807, 2.05) is 30.3 Å². The van der Waals surface area contributed by atoms with Gasteiger partial charge in [-0.3, -0.25) is 0 Å². The lowest BCUT2D eigenvalue weighted by atomic mass is 10.0. The lowest BCUT2D eigenvalue weighted by Gasteiger charge is -2.05. The maximum atomic E-state index is 10.9. The van der Waals surface area contributed by atoms with Gasteiger partial charge in [0, 0.05) is 0 Å². The fourth-order valence-corrected chi connectivity index (χ4v) is 2.03. The molecule has 0 aliphatic carbocycles. The van der Waals surface area contributed by atoms with E-state index >= 15 is 0 Å². The summed E-state index contributed by atoms with van der Waals surface area (Å²) in [5, 5.41) is 18.0. The predicted molar refractivity (Wildman–Crippen MR) is 73.2 cm³/mol. The second kappa shape index (κ2) is 6.16. The van der Waals surface area contributed by atoms with Crippen LogP contribution in [0.15, 0.2) is 48.5 Å². The Morgan fingerprint density at radius 1 is 0.895 bits per heavy atom. The normalized spacial score (nSPS) is 10.4. The van der Waals surface area contributed by atoms with E-state index in [4.69, 9.17) is 10.2 Å². The van der Waals surface area contributed by atoms with Crippen molar-refractivity contribution >= 4 is 5.97 Å². The van der Waals surface area contributed by atoms with E-state index in [9.17, 15) is 4.79 Å². The van der Waals surface area contributed by atoms with Crippen molar-refractivity contribution in [2.45, 2.75) is 19.4 Å². The summed E-state index contributed by atoms with van der Waals surface area (Å²) in [5.41, 5.74) is 3.37. The Kier molecular flexibility index (Phi) is 4.31. The molecule has 0 atom stereocenters. The molecular weight excluding hydrogens is 240 g/mol. The van der Waals surface area contributed by atoms with Crippen LogP contribution in [-0.4, -0.2) is 16.2 Å². The zero-order valence-electron chi connectivity index (χ0n) is 10.5. The van der Waals surface area contributed by atoms with Gasteiger partial charge in [0.25, 0.3) is 0 Å². The van der Waals surface area contributed by atoms with E-state index < -0.39 is 5.97 Å². The Hall–Kier alpha value is -2.13. The molecule has 0 radical (unpaired) electrons. The summed E-state index contributed by atoms with van der Waals surface area (Å²) >= 11 is 0. The first-order valence-corrected chi connectivity index (χ1v) is 6.20. The number of rotatable bonds is 5. The molecule has 2 aromatic rings. The van der Waals surface area contributed by atoms with Crippen LogP contribution in [0.4, 0.5) is 0 Å². The molecule has 0 bridgehead atoms. The SMILES string of the molecule is O=C(O)c1cccc(CCc2cccc(CO)c2)c1. The van der Waals surface area contributed by atoms with Gasteiger partial charge in [0.2, 0.25) is 0 Å². The third-order valence-corrected chi connectivity index (χ3v) is 3.05. The molecular formula is C16H16O3. The third-order valence-electron chi connectivity index (χ3n) is 3.05. The van der Waals surface area contributed by atoms with Crippen molar-refractivity contribution < 1.29 is 15.0 Å². The molecule has 2 N–H and O–H groups in total. The van der Waals surface area contributed by atoms with Crippen molar-refractivity contribution in [1.82, 2.24) is 0 Å². The summed E-state index contributed by atoms with van der Waals surface area (Å²) in [7, 11) is 0. The minimum absolute atomic E-state index is 0.0440. The molecule has 2 aromatic carbocycles. The zero-order chi connectivity index (χ0) is 13.7. The summed E-state index contributed by atoms with van der Waals surface area (Å²) in [5.74, 6) is -0.899. The van der Waals surface area contributed by atoms with Crippen molar-refractivity contribution in [2.75, 3.05) is 0 Å². The van der Waals surface area contributed by atoms with Gasteiger partial charge in [0.05, 0.1) is 12.2 Å². The molecule has 3 nitrogen and oxygen atoms in total. The van der Waals surface area contributed by atoms with Gasteiger partial charge in [0.1, 0.15) is 0 Å². The summed E-state index contributed by atoms with van der Waals surface area (Å²) < 4.78 is 0. The molecule has 19 heavy (non-hydrogen) atoms. The van der Waals surface area contributed by atoms with Gasteiger partial charge in [-0.2, -0.15) is 0 Å². The Morgan fingerprint density at radius 2 is 1.47 bits per heavy atom. The average Bonchev–Trinajstić information content (AvgIpc) is 2.45. The molecule has 2 rings (SSSR count). The second-order valence-electron chi connectivity index (χ2n) is 4.48. The molecule has 0 fully saturated rings. The van der Waals surface area contributed by atoms with Crippen molar-refractivity contribution in [1.29, 1.82) is 0 Å². The maximum absolute atomic E-state index is 10.9. The third kappa shape index (κ3) is 3.66. The lowest BCUT2D eigenvalue weighted by Crippen LogP contribution is -1.98. The van der Waals surface area contributed by atoms with Crippen LogP contribution >= 0.6 is 0 Å². The Balaban J connectivity index is 2.05. The van der Waals surface area contributed by atoms with Crippen molar-refractivity contribution in [3.05, 3.63) is 70.8 Å². The monoisotopic (exact) mass is 256 g/mol. The standard InChI is InChI=1S/C16H16O3/c17-11-14-5-1-3-12(9-14)7-8-13-4-2-6-15(10-13)16(18)19/h1-6,9-10,17H,7-8,11H2,(H,18,19). The number of aliphatic hydroxyl groups excluding tert-OH is 1. The molecule has 0 saturated heterocycles. The Bertz CT molecular complexity index is 576. The summed E-state index contributed by atoms with van der Waals surface area (Å²) in [6.07, 6.45) is 1.62. The van der Waals surface area contributed by atoms with E-state index in [0.29, 0.717) is 5.56 Å². The highest BCUT2D eigenvalue weighted by molar-refractivity contribution is 5.87. The molecule has 98 valence electrons. The number of hydrogen-bond acceptors (Lipinski definition) is 2. The number of benzene rings is 2. The molecule has 0 aromatic heterocycles. The van der Waals surface area contributed by atoms with Crippen LogP contribution in [0, 0.1) is 0 Å². The summed E-state index contributed by atoms with van der Waals surface area (Å²) in [6.45, 7) is 0.0440.